The van der Waals surface area contributed by atoms with Gasteiger partial charge < -0.3 is 10.7 Å². The zero-order valence-electron chi connectivity index (χ0n) is 11.8. The van der Waals surface area contributed by atoms with Crippen molar-refractivity contribution >= 4 is 5.78 Å². The highest BCUT2D eigenvalue weighted by Gasteiger charge is 2.08. The molecule has 1 unspecified atom stereocenters. The molecule has 0 aromatic carbocycles. The maximum atomic E-state index is 10.7. The Balaban J connectivity index is 0. The van der Waals surface area contributed by atoms with Crippen molar-refractivity contribution in [2.45, 2.75) is 59.9 Å². The van der Waals surface area contributed by atoms with Crippen LogP contribution in [-0.2, 0) is 11.2 Å². The highest BCUT2D eigenvalue weighted by molar-refractivity contribution is 5.81. The van der Waals surface area contributed by atoms with Gasteiger partial charge in [0.2, 0.25) is 0 Å². The average Bonchev–Trinajstić information content (AvgIpc) is 2.72. The Kier molecular flexibility index (Phi) is 13.8. The van der Waals surface area contributed by atoms with Gasteiger partial charge in [-0.3, -0.25) is 4.79 Å². The first-order chi connectivity index (χ1) is 8.03. The quantitative estimate of drug-likeness (QED) is 0.854. The number of H-pyrrole nitrogens is 1. The summed E-state index contributed by atoms with van der Waals surface area (Å²) in [6, 6.07) is -0.407. The largest absolute Gasteiger partial charge is 0.348 e. The number of carbonyl (C=O) groups excluding carboxylic acids is 1. The molecular weight excluding hydrogens is 214 g/mol. The van der Waals surface area contributed by atoms with Gasteiger partial charge in [0.25, 0.3) is 0 Å². The van der Waals surface area contributed by atoms with Gasteiger partial charge in [-0.15, -0.1) is 0 Å². The SMILES string of the molecule is CC(=O)C(N)Cc1cnc[nH]1.CCC.CCC. The highest BCUT2D eigenvalue weighted by Crippen LogP contribution is 1.96. The maximum Gasteiger partial charge on any atom is 0.146 e. The monoisotopic (exact) mass is 241 g/mol. The van der Waals surface area contributed by atoms with E-state index in [0.717, 1.165) is 5.69 Å². The summed E-state index contributed by atoms with van der Waals surface area (Å²) >= 11 is 0. The molecule has 4 nitrogen and oxygen atoms in total. The third-order valence-corrected chi connectivity index (χ3v) is 1.52. The van der Waals surface area contributed by atoms with E-state index in [1.807, 2.05) is 0 Å². The molecule has 1 rings (SSSR count). The summed E-state index contributed by atoms with van der Waals surface area (Å²) in [7, 11) is 0. The molecule has 1 aromatic rings. The van der Waals surface area contributed by atoms with Gasteiger partial charge in [-0.05, 0) is 6.92 Å². The van der Waals surface area contributed by atoms with Crippen molar-refractivity contribution < 1.29 is 4.79 Å². The number of aromatic nitrogens is 2. The van der Waals surface area contributed by atoms with Crippen molar-refractivity contribution in [1.82, 2.24) is 9.97 Å². The molecule has 0 aliphatic rings. The van der Waals surface area contributed by atoms with E-state index in [-0.39, 0.29) is 5.78 Å². The van der Waals surface area contributed by atoms with Crippen molar-refractivity contribution in [2.24, 2.45) is 5.73 Å². The second kappa shape index (κ2) is 12.9. The van der Waals surface area contributed by atoms with Crippen LogP contribution >= 0.6 is 0 Å². The number of imidazole rings is 1. The van der Waals surface area contributed by atoms with E-state index in [1.54, 1.807) is 12.5 Å². The molecule has 1 heterocycles. The second-order valence-electron chi connectivity index (χ2n) is 3.91. The average molecular weight is 241 g/mol. The molecule has 0 fully saturated rings. The van der Waals surface area contributed by atoms with Crippen LogP contribution in [0.15, 0.2) is 12.5 Å². The van der Waals surface area contributed by atoms with E-state index >= 15 is 0 Å². The number of aromatic amines is 1. The minimum Gasteiger partial charge on any atom is -0.348 e. The number of hydrogen-bond donors (Lipinski definition) is 2. The highest BCUT2D eigenvalue weighted by atomic mass is 16.1. The third-order valence-electron chi connectivity index (χ3n) is 1.52. The standard InChI is InChI=1S/C7H11N3O.2C3H8/c1-5(11)7(8)2-6-3-9-4-10-6;2*1-3-2/h3-4,7H,2,8H2,1H3,(H,9,10);2*3H2,1-2H3. The van der Waals surface area contributed by atoms with Crippen LogP contribution in [0.1, 0.15) is 53.2 Å². The van der Waals surface area contributed by atoms with Crippen LogP contribution < -0.4 is 5.73 Å². The molecule has 0 radical (unpaired) electrons. The van der Waals surface area contributed by atoms with Gasteiger partial charge in [0.05, 0.1) is 12.4 Å². The Labute approximate surface area is 105 Å². The van der Waals surface area contributed by atoms with Gasteiger partial charge in [0, 0.05) is 18.3 Å². The van der Waals surface area contributed by atoms with Gasteiger partial charge in [-0.2, -0.15) is 0 Å². The Bertz CT molecular complexity index is 256. The lowest BCUT2D eigenvalue weighted by Gasteiger charge is -2.03. The van der Waals surface area contributed by atoms with Gasteiger partial charge in [0.1, 0.15) is 5.78 Å². The Morgan fingerprint density at radius 3 is 2.12 bits per heavy atom. The number of Topliss-reactive ketones (excluding diaryl/α,β-unsaturated/α-hetero) is 1. The number of ketones is 1. The van der Waals surface area contributed by atoms with Crippen molar-refractivity contribution in [1.29, 1.82) is 0 Å². The van der Waals surface area contributed by atoms with E-state index in [9.17, 15) is 4.79 Å². The molecule has 100 valence electrons. The summed E-state index contributed by atoms with van der Waals surface area (Å²) in [5.41, 5.74) is 6.41. The minimum absolute atomic E-state index is 0.000370. The Morgan fingerprint density at radius 1 is 1.35 bits per heavy atom. The normalized spacial score (nSPS) is 10.5. The summed E-state index contributed by atoms with van der Waals surface area (Å²) in [4.78, 5) is 17.4. The van der Waals surface area contributed by atoms with Crippen LogP contribution in [0.5, 0.6) is 0 Å². The van der Waals surface area contributed by atoms with Crippen LogP contribution in [0.25, 0.3) is 0 Å². The summed E-state index contributed by atoms with van der Waals surface area (Å²) in [5.74, 6) is -0.000370. The molecule has 17 heavy (non-hydrogen) atoms. The summed E-state index contributed by atoms with van der Waals surface area (Å²) < 4.78 is 0. The molecule has 0 aliphatic carbocycles. The van der Waals surface area contributed by atoms with Crippen LogP contribution in [-0.4, -0.2) is 21.8 Å². The molecule has 0 aliphatic heterocycles. The molecule has 0 saturated carbocycles. The fourth-order valence-electron chi connectivity index (χ4n) is 0.777. The first-order valence-electron chi connectivity index (χ1n) is 6.26. The number of nitrogens with zero attached hydrogens (tertiary/aromatic N) is 1. The van der Waals surface area contributed by atoms with Gasteiger partial charge >= 0.3 is 0 Å². The second-order valence-corrected chi connectivity index (χ2v) is 3.91. The lowest BCUT2D eigenvalue weighted by molar-refractivity contribution is -0.118. The molecule has 0 bridgehead atoms. The first kappa shape index (κ1) is 18.2. The van der Waals surface area contributed by atoms with Crippen molar-refractivity contribution in [3.05, 3.63) is 18.2 Å². The number of nitrogens with two attached hydrogens (primary N) is 1. The van der Waals surface area contributed by atoms with Crippen molar-refractivity contribution in [2.75, 3.05) is 0 Å². The number of nitrogens with one attached hydrogen (secondary N) is 1. The first-order valence-corrected chi connectivity index (χ1v) is 6.26. The maximum absolute atomic E-state index is 10.7. The molecule has 4 heteroatoms. The van der Waals surface area contributed by atoms with Gasteiger partial charge in [-0.1, -0.05) is 40.5 Å². The summed E-state index contributed by atoms with van der Waals surface area (Å²) in [6.45, 7) is 9.99. The fraction of sp³-hybridized carbons (Fsp3) is 0.692. The van der Waals surface area contributed by atoms with Crippen molar-refractivity contribution in [3.63, 3.8) is 0 Å². The zero-order chi connectivity index (χ0) is 13.7. The number of rotatable bonds is 3. The fourth-order valence-corrected chi connectivity index (χ4v) is 0.777. The Morgan fingerprint density at radius 2 is 1.82 bits per heavy atom. The topological polar surface area (TPSA) is 71.8 Å². The molecule has 0 amide bonds. The summed E-state index contributed by atoms with van der Waals surface area (Å²) in [5, 5.41) is 0. The van der Waals surface area contributed by atoms with E-state index in [0.29, 0.717) is 6.42 Å². The van der Waals surface area contributed by atoms with Gasteiger partial charge in [0.15, 0.2) is 0 Å². The van der Waals surface area contributed by atoms with E-state index in [2.05, 4.69) is 37.7 Å². The predicted octanol–water partition coefficient (Wildman–Crippen LogP) is 2.70. The van der Waals surface area contributed by atoms with Crippen LogP contribution in [0, 0.1) is 0 Å². The molecule has 0 spiro atoms. The van der Waals surface area contributed by atoms with Crippen LogP contribution in [0.3, 0.4) is 0 Å². The van der Waals surface area contributed by atoms with Crippen LogP contribution in [0.2, 0.25) is 0 Å². The van der Waals surface area contributed by atoms with Crippen LogP contribution in [0.4, 0.5) is 0 Å². The lowest BCUT2D eigenvalue weighted by Crippen LogP contribution is -2.30. The third kappa shape index (κ3) is 12.8. The number of hydrogen-bond acceptors (Lipinski definition) is 3. The van der Waals surface area contributed by atoms with Gasteiger partial charge in [-0.25, -0.2) is 4.98 Å². The van der Waals surface area contributed by atoms with Crippen molar-refractivity contribution in [3.8, 4) is 0 Å². The smallest absolute Gasteiger partial charge is 0.146 e. The van der Waals surface area contributed by atoms with E-state index < -0.39 is 6.04 Å². The number of carbonyl (C=O) groups is 1. The van der Waals surface area contributed by atoms with E-state index in [1.165, 1.54) is 19.8 Å². The predicted molar refractivity (Wildman–Crippen MR) is 72.9 cm³/mol. The summed E-state index contributed by atoms with van der Waals surface area (Å²) in [6.07, 6.45) is 6.28. The lowest BCUT2D eigenvalue weighted by atomic mass is 10.1. The molecule has 1 atom stereocenters. The van der Waals surface area contributed by atoms with E-state index in [4.69, 9.17) is 5.73 Å². The molecule has 3 N–H and O–H groups in total. The minimum atomic E-state index is -0.407. The zero-order valence-corrected chi connectivity index (χ0v) is 11.8. The molecule has 1 aromatic heterocycles. The molecule has 0 saturated heterocycles. The molecular formula is C13H27N3O. The Hall–Kier alpha value is -1.16.